The number of H-pyrrole nitrogens is 1. The summed E-state index contributed by atoms with van der Waals surface area (Å²) in [5, 5.41) is 56.1. The second-order valence-corrected chi connectivity index (χ2v) is 25.5. The molecule has 32 nitrogen and oxygen atoms in total. The third-order valence-corrected chi connectivity index (χ3v) is 18.9. The number of benzene rings is 1. The summed E-state index contributed by atoms with van der Waals surface area (Å²) in [5.74, 6) is -16.5. The topological polar surface area (TPSA) is 512 Å². The zero-order valence-electron chi connectivity index (χ0n) is 47.5. The molecule has 5 rings (SSSR count). The first-order valence-electron chi connectivity index (χ1n) is 27.6. The normalized spacial score (nSPS) is 26.4. The van der Waals surface area contributed by atoms with E-state index in [-0.39, 0.29) is 68.4 Å². The molecule has 1 aromatic heterocycles. The summed E-state index contributed by atoms with van der Waals surface area (Å²) in [6.07, 6.45) is 0.670. The number of carboxylic acid groups (broad SMARTS) is 2. The highest BCUT2D eigenvalue weighted by atomic mass is 33.1. The Morgan fingerprint density at radius 1 is 0.736 bits per heavy atom. The van der Waals surface area contributed by atoms with Crippen molar-refractivity contribution in [3.05, 3.63) is 36.0 Å². The minimum Gasteiger partial charge on any atom is -0.481 e. The van der Waals surface area contributed by atoms with Crippen LogP contribution in [0.1, 0.15) is 57.9 Å². The van der Waals surface area contributed by atoms with Crippen LogP contribution in [0.4, 0.5) is 0 Å². The molecule has 36 heteroatoms. The first kappa shape index (κ1) is 70.2. The number of nitrogens with zero attached hydrogens (tertiary/aromatic N) is 2. The number of aliphatic hydroxyl groups is 1. The van der Waals surface area contributed by atoms with Crippen molar-refractivity contribution in [2.24, 2.45) is 28.1 Å². The average Bonchev–Trinajstić information content (AvgIpc) is 2.63. The number of nitrogens with two attached hydrogens (primary N) is 3. The Bertz CT molecular complexity index is 2880. The number of rotatable bonds is 14. The molecule has 11 atom stereocenters. The number of nitrogens with one attached hydrogen (secondary N) is 11. The van der Waals surface area contributed by atoms with Gasteiger partial charge in [-0.3, -0.25) is 62.5 Å². The zero-order valence-corrected chi connectivity index (χ0v) is 50.7. The van der Waals surface area contributed by atoms with E-state index >= 15 is 4.79 Å². The number of hydrogen-bond donors (Lipinski definition) is 17. The van der Waals surface area contributed by atoms with Crippen LogP contribution in [0.15, 0.2) is 35.5 Å². The van der Waals surface area contributed by atoms with Gasteiger partial charge in [0.05, 0.1) is 26.1 Å². The first-order chi connectivity index (χ1) is 41.4. The van der Waals surface area contributed by atoms with E-state index in [0.29, 0.717) is 22.9 Å². The number of hydrogen-bond acceptors (Lipinski definition) is 20. The number of carbonyl (C=O) groups is 13. The van der Waals surface area contributed by atoms with Gasteiger partial charge < -0.3 is 95.6 Å². The molecule has 0 radical (unpaired) electrons. The lowest BCUT2D eigenvalue weighted by atomic mass is 9.97. The predicted molar refractivity (Wildman–Crippen MR) is 322 cm³/mol. The molecular weight excluding hydrogens is 1220 g/mol. The summed E-state index contributed by atoms with van der Waals surface area (Å²) in [7, 11) is 3.39. The molecule has 1 aromatic carbocycles. The van der Waals surface area contributed by atoms with Gasteiger partial charge in [0.2, 0.25) is 65.0 Å². The summed E-state index contributed by atoms with van der Waals surface area (Å²) in [4.78, 5) is 189. The predicted octanol–water partition coefficient (Wildman–Crippen LogP) is -5.42. The van der Waals surface area contributed by atoms with Crippen molar-refractivity contribution in [3.8, 4) is 0 Å². The third kappa shape index (κ3) is 21.4. The number of carbonyl (C=O) groups excluding carboxylic acids is 11. The van der Waals surface area contributed by atoms with Crippen LogP contribution in [-0.2, 0) is 68.7 Å². The van der Waals surface area contributed by atoms with E-state index in [1.54, 1.807) is 44.3 Å². The van der Waals surface area contributed by atoms with Gasteiger partial charge in [-0.05, 0) is 43.2 Å². The van der Waals surface area contributed by atoms with Crippen molar-refractivity contribution in [1.29, 1.82) is 0 Å². The van der Waals surface area contributed by atoms with Crippen LogP contribution in [0, 0.1) is 5.92 Å². The molecular formula is C51H74N16O16S4. The zero-order chi connectivity index (χ0) is 63.9. The van der Waals surface area contributed by atoms with E-state index in [2.05, 4.69) is 63.1 Å². The van der Waals surface area contributed by atoms with E-state index in [9.17, 15) is 72.9 Å². The van der Waals surface area contributed by atoms with Crippen LogP contribution in [0.5, 0.6) is 0 Å². The van der Waals surface area contributed by atoms with Gasteiger partial charge in [0, 0.05) is 59.6 Å². The molecule has 0 spiro atoms. The maximum Gasteiger partial charge on any atom is 0.327 e. The molecule has 0 aliphatic carbocycles. The number of aromatic amines is 1. The molecule has 87 heavy (non-hydrogen) atoms. The molecule has 4 heterocycles. The number of amides is 11. The number of aliphatic imine (C=N–C) groups is 1. The monoisotopic (exact) mass is 1290 g/mol. The number of para-hydroxylation sites is 1. The standard InChI is InChI=1S/C51H74N16O16S4/c1-3-24(2)40-48(80)57-18-38(70)59-35(50(82)83)23-87-86-22-34-46(78)63-31(19-68)43(75)62-30(15-39(71)72)49(81)67-13-7-11-36(67)47(79)60-28(10-6-12-55-51(53)54)41(73)64-33(21-85-84-20-32(44(76)65-34)58-37(69)16-52)45(77)61-29(42(74)66-40)14-25-17-56-27-9-5-4-8-26(25)27/h4-5,8-9,17,24,28-36,40,56,68H,3,6-7,10-16,18-23,52H2,1-2H3,(H,57,80)(H,58,69)(H,59,70)(H,60,79)(H,61,77)(H,62,75)(H,63,78)(H,64,73)(H,65,76)(H,66,74)(H,71,72)(H,82,83)(H4,53,54,55)/t24-,28-,29-,30?,31-,32-,33-,34-,35-,36-,40-/m0/s1. The maximum absolute atomic E-state index is 15.0. The minimum atomic E-state index is -1.93. The fraction of sp³-hybridized carbons (Fsp3) is 0.569. The van der Waals surface area contributed by atoms with Gasteiger partial charge in [0.25, 0.3) is 0 Å². The van der Waals surface area contributed by atoms with E-state index in [1.165, 1.54) is 0 Å². The summed E-state index contributed by atoms with van der Waals surface area (Å²) >= 11 is 0. The van der Waals surface area contributed by atoms with E-state index in [0.717, 1.165) is 48.1 Å². The van der Waals surface area contributed by atoms with Crippen LogP contribution < -0.4 is 70.4 Å². The molecule has 2 aromatic rings. The quantitative estimate of drug-likeness (QED) is 0.0363. The highest BCUT2D eigenvalue weighted by Gasteiger charge is 2.42. The largest absolute Gasteiger partial charge is 0.481 e. The van der Waals surface area contributed by atoms with Crippen LogP contribution in [0.3, 0.4) is 0 Å². The Hall–Kier alpha value is -7.54. The fourth-order valence-corrected chi connectivity index (χ4v) is 13.8. The highest BCUT2D eigenvalue weighted by Crippen LogP contribution is 2.27. The number of carboxylic acids is 2. The first-order valence-corrected chi connectivity index (χ1v) is 32.6. The molecule has 2 bridgehead atoms. The van der Waals surface area contributed by atoms with Crippen LogP contribution in [0.25, 0.3) is 10.9 Å². The van der Waals surface area contributed by atoms with Crippen LogP contribution in [0.2, 0.25) is 0 Å². The summed E-state index contributed by atoms with van der Waals surface area (Å²) < 4.78 is 0. The average molecular weight is 1300 g/mol. The Balaban J connectivity index is 1.68. The second-order valence-electron chi connectivity index (χ2n) is 20.4. The van der Waals surface area contributed by atoms with Crippen LogP contribution in [-0.4, -0.2) is 224 Å². The molecule has 20 N–H and O–H groups in total. The maximum atomic E-state index is 15.0. The summed E-state index contributed by atoms with van der Waals surface area (Å²) in [5.41, 5.74) is 17.9. The van der Waals surface area contributed by atoms with Gasteiger partial charge in [-0.2, -0.15) is 0 Å². The second kappa shape index (κ2) is 34.7. The van der Waals surface area contributed by atoms with Crippen molar-refractivity contribution < 1.29 is 77.6 Å². The van der Waals surface area contributed by atoms with Gasteiger partial charge in [-0.15, -0.1) is 0 Å². The number of aromatic nitrogens is 1. The molecule has 3 saturated heterocycles. The van der Waals surface area contributed by atoms with Crippen molar-refractivity contribution in [1.82, 2.24) is 63.1 Å². The molecule has 1 unspecified atom stereocenters. The molecule has 11 amide bonds. The SMILES string of the molecule is CC[C@H](C)[C@@H]1NC(=O)[C@H](Cc2c[nH]c3ccccc23)NC(=O)[C@@H]2CSSC[C@H](NC(=O)CN)C(=O)N[C@@H](CSSC[C@@H](C(=O)O)NC(=O)CNC1=O)C(=O)N[C@@H](CO)C(=O)NC(CC(=O)O)C(=O)N1CCC[C@H]1C(=O)N[C@@H](CCCN=C(N)N)C(=O)N2. The van der Waals surface area contributed by atoms with E-state index in [4.69, 9.17) is 17.2 Å². The van der Waals surface area contributed by atoms with Gasteiger partial charge in [0.15, 0.2) is 5.96 Å². The van der Waals surface area contributed by atoms with Crippen molar-refractivity contribution in [3.63, 3.8) is 0 Å². The number of aliphatic hydroxyl groups excluding tert-OH is 1. The van der Waals surface area contributed by atoms with E-state index in [1.807, 2.05) is 0 Å². The summed E-state index contributed by atoms with van der Waals surface area (Å²) in [6, 6.07) is -9.03. The van der Waals surface area contributed by atoms with Crippen LogP contribution >= 0.6 is 43.2 Å². The molecule has 3 fully saturated rings. The summed E-state index contributed by atoms with van der Waals surface area (Å²) in [6.45, 7) is 0.644. The Kier molecular flexibility index (Phi) is 28.0. The Morgan fingerprint density at radius 3 is 1.99 bits per heavy atom. The molecule has 3 aliphatic heterocycles. The lowest BCUT2D eigenvalue weighted by molar-refractivity contribution is -0.146. The number of aliphatic carboxylic acids is 2. The Morgan fingerprint density at radius 2 is 1.34 bits per heavy atom. The number of fused-ring (bicyclic) bond motifs is 10. The minimum absolute atomic E-state index is 0.0109. The van der Waals surface area contributed by atoms with Gasteiger partial charge in [0.1, 0.15) is 60.4 Å². The van der Waals surface area contributed by atoms with Gasteiger partial charge in [-0.25, -0.2) is 4.79 Å². The van der Waals surface area contributed by atoms with Crippen molar-refractivity contribution >= 4 is 137 Å². The van der Waals surface area contributed by atoms with Crippen molar-refractivity contribution in [2.45, 2.75) is 119 Å². The fourth-order valence-electron chi connectivity index (χ4n) is 9.12. The number of guanidine groups is 1. The Labute approximate surface area is 514 Å². The highest BCUT2D eigenvalue weighted by molar-refractivity contribution is 8.77. The molecule has 478 valence electrons. The smallest absolute Gasteiger partial charge is 0.327 e. The van der Waals surface area contributed by atoms with Crippen molar-refractivity contribution in [2.75, 3.05) is 55.8 Å². The molecule has 0 saturated carbocycles. The third-order valence-electron chi connectivity index (χ3n) is 14.0. The lowest BCUT2D eigenvalue weighted by Crippen LogP contribution is -2.61. The van der Waals surface area contributed by atoms with E-state index < -0.39 is 175 Å². The molecule has 3 aliphatic rings. The van der Waals surface area contributed by atoms with Gasteiger partial charge >= 0.3 is 11.9 Å². The lowest BCUT2D eigenvalue weighted by Gasteiger charge is -2.30. The van der Waals surface area contributed by atoms with Gasteiger partial charge in [-0.1, -0.05) is 81.6 Å².